The third kappa shape index (κ3) is 5.81. The first-order chi connectivity index (χ1) is 26.7. The van der Waals surface area contributed by atoms with Crippen LogP contribution in [0.2, 0.25) is 0 Å². The van der Waals surface area contributed by atoms with Crippen LogP contribution in [0, 0.1) is 0 Å². The van der Waals surface area contributed by atoms with Crippen LogP contribution in [0.15, 0.2) is 217 Å². The smallest absolute Gasteiger partial charge is 0.143 e. The monoisotopic (exact) mass is 689 g/mol. The summed E-state index contributed by atoms with van der Waals surface area (Å²) in [6, 6.07) is 75.8. The highest BCUT2D eigenvalue weighted by atomic mass is 16.3. The molecule has 10 aromatic rings. The van der Waals surface area contributed by atoms with Gasteiger partial charge in [-0.3, -0.25) is 0 Å². The zero-order chi connectivity index (χ0) is 35.8. The van der Waals surface area contributed by atoms with Gasteiger partial charge >= 0.3 is 0 Å². The third-order valence-electron chi connectivity index (χ3n) is 10.4. The molecule has 1 heterocycles. The lowest BCUT2D eigenvalue weighted by atomic mass is 9.98. The van der Waals surface area contributed by atoms with E-state index in [1.807, 2.05) is 6.07 Å². The topological polar surface area (TPSA) is 16.4 Å². The van der Waals surface area contributed by atoms with Crippen LogP contribution in [0.25, 0.3) is 77.2 Å². The van der Waals surface area contributed by atoms with Crippen LogP contribution >= 0.6 is 0 Å². The summed E-state index contributed by atoms with van der Waals surface area (Å²) in [6.07, 6.45) is 0. The number of fused-ring (bicyclic) bond motifs is 3. The summed E-state index contributed by atoms with van der Waals surface area (Å²) in [5.41, 5.74) is 12.0. The summed E-state index contributed by atoms with van der Waals surface area (Å²) in [5, 5.41) is 6.06. The van der Waals surface area contributed by atoms with Crippen LogP contribution in [0.3, 0.4) is 0 Å². The molecule has 0 atom stereocenters. The molecule has 10 rings (SSSR count). The van der Waals surface area contributed by atoms with Gasteiger partial charge in [0, 0.05) is 33.6 Å². The third-order valence-corrected chi connectivity index (χ3v) is 10.4. The van der Waals surface area contributed by atoms with E-state index in [1.165, 1.54) is 38.2 Å². The number of nitrogens with zero attached hydrogens (tertiary/aromatic N) is 1. The summed E-state index contributed by atoms with van der Waals surface area (Å²) in [6.45, 7) is 0. The highest BCUT2D eigenvalue weighted by molar-refractivity contribution is 6.02. The fraction of sp³-hybridized carbons (Fsp3) is 0. The summed E-state index contributed by atoms with van der Waals surface area (Å²) in [4.78, 5) is 2.35. The van der Waals surface area contributed by atoms with Gasteiger partial charge in [0.05, 0.1) is 0 Å². The maximum Gasteiger partial charge on any atom is 0.143 e. The average Bonchev–Trinajstić information content (AvgIpc) is 3.64. The molecule has 54 heavy (non-hydrogen) atoms. The van der Waals surface area contributed by atoms with Gasteiger partial charge in [0.2, 0.25) is 0 Å². The molecular formula is C52H35NO. The Morgan fingerprint density at radius 1 is 0.296 bits per heavy atom. The van der Waals surface area contributed by atoms with Crippen LogP contribution in [-0.2, 0) is 0 Å². The maximum atomic E-state index is 6.67. The van der Waals surface area contributed by atoms with Crippen molar-refractivity contribution in [1.29, 1.82) is 0 Å². The molecule has 2 heteroatoms. The standard InChI is InChI=1S/C52H35NO/c1-2-14-39(15-3-1)51-49-22-8-9-23-50(49)54-52(51)45-19-11-21-48(35-45)53(46-30-28-38(29-31-46)43-26-24-36-12-4-6-16-40(36)32-43)47-20-10-18-42(34-47)44-27-25-37-13-5-7-17-41(37)33-44/h1-35H. The van der Waals surface area contributed by atoms with E-state index >= 15 is 0 Å². The zero-order valence-corrected chi connectivity index (χ0v) is 29.6. The lowest BCUT2D eigenvalue weighted by Gasteiger charge is -2.27. The normalized spacial score (nSPS) is 11.3. The van der Waals surface area contributed by atoms with E-state index < -0.39 is 0 Å². The van der Waals surface area contributed by atoms with Gasteiger partial charge < -0.3 is 9.32 Å². The van der Waals surface area contributed by atoms with Crippen LogP contribution in [0.4, 0.5) is 17.1 Å². The summed E-state index contributed by atoms with van der Waals surface area (Å²) < 4.78 is 6.67. The molecule has 0 aliphatic heterocycles. The Kier molecular flexibility index (Phi) is 7.85. The van der Waals surface area contributed by atoms with Gasteiger partial charge in [-0.05, 0) is 104 Å². The van der Waals surface area contributed by atoms with Crippen molar-refractivity contribution in [3.63, 3.8) is 0 Å². The van der Waals surface area contributed by atoms with Gasteiger partial charge in [0.1, 0.15) is 11.3 Å². The molecule has 0 amide bonds. The minimum atomic E-state index is 0.862. The van der Waals surface area contributed by atoms with Crippen molar-refractivity contribution in [2.45, 2.75) is 0 Å². The van der Waals surface area contributed by atoms with E-state index in [0.29, 0.717) is 0 Å². The van der Waals surface area contributed by atoms with Crippen molar-refractivity contribution in [3.05, 3.63) is 212 Å². The lowest BCUT2D eigenvalue weighted by molar-refractivity contribution is 0.632. The predicted octanol–water partition coefficient (Wildman–Crippen LogP) is 14.9. The highest BCUT2D eigenvalue weighted by Crippen LogP contribution is 2.44. The van der Waals surface area contributed by atoms with Crippen molar-refractivity contribution >= 4 is 49.6 Å². The number of hydrogen-bond donors (Lipinski definition) is 0. The largest absolute Gasteiger partial charge is 0.455 e. The Morgan fingerprint density at radius 3 is 1.48 bits per heavy atom. The van der Waals surface area contributed by atoms with Crippen molar-refractivity contribution in [3.8, 4) is 44.7 Å². The van der Waals surface area contributed by atoms with Crippen molar-refractivity contribution in [1.82, 2.24) is 0 Å². The fourth-order valence-corrected chi connectivity index (χ4v) is 7.74. The van der Waals surface area contributed by atoms with Crippen LogP contribution < -0.4 is 4.90 Å². The van der Waals surface area contributed by atoms with Gasteiger partial charge in [0.25, 0.3) is 0 Å². The molecule has 0 fully saturated rings. The molecule has 0 radical (unpaired) electrons. The summed E-state index contributed by atoms with van der Waals surface area (Å²) >= 11 is 0. The van der Waals surface area contributed by atoms with E-state index in [2.05, 4.69) is 211 Å². The minimum absolute atomic E-state index is 0.862. The Hall–Kier alpha value is -7.16. The van der Waals surface area contributed by atoms with Crippen molar-refractivity contribution in [2.24, 2.45) is 0 Å². The molecule has 0 aliphatic rings. The molecule has 0 saturated carbocycles. The second-order valence-corrected chi connectivity index (χ2v) is 13.8. The number of anilines is 3. The second-order valence-electron chi connectivity index (χ2n) is 13.8. The first-order valence-electron chi connectivity index (χ1n) is 18.4. The molecule has 0 unspecified atom stereocenters. The first kappa shape index (κ1) is 31.6. The second kappa shape index (κ2) is 13.4. The molecule has 0 saturated heterocycles. The van der Waals surface area contributed by atoms with E-state index in [1.54, 1.807) is 0 Å². The Morgan fingerprint density at radius 2 is 0.796 bits per heavy atom. The number of benzene rings is 9. The van der Waals surface area contributed by atoms with E-state index in [9.17, 15) is 0 Å². The van der Waals surface area contributed by atoms with Gasteiger partial charge in [-0.25, -0.2) is 0 Å². The molecule has 0 spiro atoms. The Balaban J connectivity index is 1.11. The van der Waals surface area contributed by atoms with Crippen molar-refractivity contribution in [2.75, 3.05) is 4.90 Å². The lowest BCUT2D eigenvalue weighted by Crippen LogP contribution is -2.10. The molecule has 0 N–H and O–H groups in total. The average molecular weight is 690 g/mol. The number of furan rings is 1. The van der Waals surface area contributed by atoms with E-state index in [-0.39, 0.29) is 0 Å². The predicted molar refractivity (Wildman–Crippen MR) is 228 cm³/mol. The van der Waals surface area contributed by atoms with Gasteiger partial charge in [-0.1, -0.05) is 158 Å². The quantitative estimate of drug-likeness (QED) is 0.166. The SMILES string of the molecule is c1ccc(-c2c(-c3cccc(N(c4ccc(-c5ccc6ccccc6c5)cc4)c4cccc(-c5ccc6ccccc6c5)c4)c3)oc3ccccc23)cc1. The molecule has 254 valence electrons. The molecule has 2 nitrogen and oxygen atoms in total. The molecular weight excluding hydrogens is 655 g/mol. The van der Waals surface area contributed by atoms with E-state index in [4.69, 9.17) is 4.42 Å². The molecule has 0 aliphatic carbocycles. The number of para-hydroxylation sites is 1. The van der Waals surface area contributed by atoms with Crippen molar-refractivity contribution < 1.29 is 4.42 Å². The fourth-order valence-electron chi connectivity index (χ4n) is 7.74. The van der Waals surface area contributed by atoms with Gasteiger partial charge in [-0.15, -0.1) is 0 Å². The van der Waals surface area contributed by atoms with Gasteiger partial charge in [-0.2, -0.15) is 0 Å². The van der Waals surface area contributed by atoms with E-state index in [0.717, 1.165) is 56.0 Å². The molecule has 0 bridgehead atoms. The maximum absolute atomic E-state index is 6.67. The molecule has 9 aromatic carbocycles. The highest BCUT2D eigenvalue weighted by Gasteiger charge is 2.20. The zero-order valence-electron chi connectivity index (χ0n) is 29.6. The number of rotatable bonds is 7. The Labute approximate surface area is 314 Å². The summed E-state index contributed by atoms with van der Waals surface area (Å²) in [5.74, 6) is 0.862. The van der Waals surface area contributed by atoms with Gasteiger partial charge in [0.15, 0.2) is 0 Å². The molecule has 1 aromatic heterocycles. The first-order valence-corrected chi connectivity index (χ1v) is 18.4. The van der Waals surface area contributed by atoms with Crippen LogP contribution in [0.1, 0.15) is 0 Å². The Bertz CT molecular complexity index is 2940. The number of hydrogen-bond acceptors (Lipinski definition) is 2. The van der Waals surface area contributed by atoms with Crippen LogP contribution in [-0.4, -0.2) is 0 Å². The summed E-state index contributed by atoms with van der Waals surface area (Å²) in [7, 11) is 0. The van der Waals surface area contributed by atoms with Crippen LogP contribution in [0.5, 0.6) is 0 Å². The minimum Gasteiger partial charge on any atom is -0.455 e.